The van der Waals surface area contributed by atoms with Gasteiger partial charge in [-0.2, -0.15) is 0 Å². The monoisotopic (exact) mass is 366 g/mol. The topological polar surface area (TPSA) is 42.0 Å². The van der Waals surface area contributed by atoms with E-state index in [0.717, 1.165) is 23.6 Å². The van der Waals surface area contributed by atoms with Crippen LogP contribution in [0, 0.1) is 0 Å². The van der Waals surface area contributed by atoms with Gasteiger partial charge < -0.3 is 5.32 Å². The van der Waals surface area contributed by atoms with E-state index in [0.29, 0.717) is 5.69 Å². The number of nitrogens with one attached hydrogen (secondary N) is 1. The fraction of sp³-hybridized carbons (Fsp3) is 0.120. The Kier molecular flexibility index (Phi) is 5.43. The average molecular weight is 366 g/mol. The third kappa shape index (κ3) is 4.44. The lowest BCUT2D eigenvalue weighted by atomic mass is 9.98. The van der Waals surface area contributed by atoms with Gasteiger partial charge in [0.05, 0.1) is 0 Å². The van der Waals surface area contributed by atoms with Gasteiger partial charge in [0, 0.05) is 17.6 Å². The van der Waals surface area contributed by atoms with Gasteiger partial charge in [0.2, 0.25) is 0 Å². The standard InChI is InChI=1S/C25H22N2O/c28-25(24-17-21-13-7-8-14-22(21)18-26-24)27-23(15-19-9-3-1-4-10-19)16-20-11-5-2-6-12-20/h1-14,17-18,23H,15-16H2,(H,27,28). The van der Waals surface area contributed by atoms with E-state index >= 15 is 0 Å². The second-order valence-corrected chi connectivity index (χ2v) is 6.97. The molecule has 4 aromatic rings. The molecule has 28 heavy (non-hydrogen) atoms. The van der Waals surface area contributed by atoms with Crippen molar-refractivity contribution >= 4 is 16.7 Å². The highest BCUT2D eigenvalue weighted by Crippen LogP contribution is 2.14. The summed E-state index contributed by atoms with van der Waals surface area (Å²) in [5, 5.41) is 5.24. The Balaban J connectivity index is 1.55. The van der Waals surface area contributed by atoms with Crippen molar-refractivity contribution in [2.45, 2.75) is 18.9 Å². The summed E-state index contributed by atoms with van der Waals surface area (Å²) in [6.07, 6.45) is 3.30. The highest BCUT2D eigenvalue weighted by atomic mass is 16.1. The molecule has 0 unspecified atom stereocenters. The van der Waals surface area contributed by atoms with Gasteiger partial charge >= 0.3 is 0 Å². The molecule has 1 aromatic heterocycles. The fourth-order valence-electron chi connectivity index (χ4n) is 3.44. The first-order valence-electron chi connectivity index (χ1n) is 9.51. The second-order valence-electron chi connectivity index (χ2n) is 6.97. The van der Waals surface area contributed by atoms with Gasteiger partial charge in [0.15, 0.2) is 0 Å². The van der Waals surface area contributed by atoms with Crippen LogP contribution in [-0.2, 0) is 12.8 Å². The highest BCUT2D eigenvalue weighted by Gasteiger charge is 2.16. The highest BCUT2D eigenvalue weighted by molar-refractivity contribution is 5.96. The van der Waals surface area contributed by atoms with Crippen molar-refractivity contribution in [1.29, 1.82) is 0 Å². The Hall–Kier alpha value is -3.46. The number of rotatable bonds is 6. The molecule has 0 bridgehead atoms. The van der Waals surface area contributed by atoms with Crippen molar-refractivity contribution in [2.24, 2.45) is 0 Å². The molecular formula is C25H22N2O. The predicted octanol–water partition coefficient (Wildman–Crippen LogP) is 4.82. The number of aromatic nitrogens is 1. The van der Waals surface area contributed by atoms with Gasteiger partial charge in [-0.1, -0.05) is 84.9 Å². The number of benzene rings is 3. The van der Waals surface area contributed by atoms with Crippen LogP contribution in [0.5, 0.6) is 0 Å². The molecule has 3 nitrogen and oxygen atoms in total. The van der Waals surface area contributed by atoms with Gasteiger partial charge in [-0.15, -0.1) is 0 Å². The number of hydrogen-bond donors (Lipinski definition) is 1. The molecule has 138 valence electrons. The largest absolute Gasteiger partial charge is 0.347 e. The van der Waals surface area contributed by atoms with Crippen LogP contribution in [0.4, 0.5) is 0 Å². The molecule has 1 heterocycles. The van der Waals surface area contributed by atoms with Crippen molar-refractivity contribution in [3.8, 4) is 0 Å². The van der Waals surface area contributed by atoms with E-state index in [1.165, 1.54) is 11.1 Å². The molecule has 3 heteroatoms. The Bertz CT molecular complexity index is 1020. The first-order chi connectivity index (χ1) is 13.8. The third-order valence-electron chi connectivity index (χ3n) is 4.85. The Morgan fingerprint density at radius 3 is 1.89 bits per heavy atom. The van der Waals surface area contributed by atoms with Gasteiger partial charge in [0.25, 0.3) is 5.91 Å². The molecule has 1 N–H and O–H groups in total. The first-order valence-corrected chi connectivity index (χ1v) is 9.51. The summed E-state index contributed by atoms with van der Waals surface area (Å²) in [6.45, 7) is 0. The summed E-state index contributed by atoms with van der Waals surface area (Å²) in [5.74, 6) is -0.136. The predicted molar refractivity (Wildman–Crippen MR) is 113 cm³/mol. The molecule has 0 aliphatic carbocycles. The van der Waals surface area contributed by atoms with Crippen LogP contribution < -0.4 is 5.32 Å². The van der Waals surface area contributed by atoms with Gasteiger partial charge in [-0.25, -0.2) is 0 Å². The molecule has 0 fully saturated rings. The third-order valence-corrected chi connectivity index (χ3v) is 4.85. The smallest absolute Gasteiger partial charge is 0.270 e. The van der Waals surface area contributed by atoms with Crippen LogP contribution >= 0.6 is 0 Å². The number of nitrogens with zero attached hydrogens (tertiary/aromatic N) is 1. The number of carbonyl (C=O) groups is 1. The van der Waals surface area contributed by atoms with Crippen LogP contribution in [0.3, 0.4) is 0 Å². The maximum Gasteiger partial charge on any atom is 0.270 e. The van der Waals surface area contributed by atoms with E-state index in [9.17, 15) is 4.79 Å². The fourth-order valence-corrected chi connectivity index (χ4v) is 3.44. The molecule has 0 spiro atoms. The molecular weight excluding hydrogens is 344 g/mol. The van der Waals surface area contributed by atoms with E-state index in [1.54, 1.807) is 6.20 Å². The quantitative estimate of drug-likeness (QED) is 0.532. The lowest BCUT2D eigenvalue weighted by Gasteiger charge is -2.19. The van der Waals surface area contributed by atoms with Crippen LogP contribution in [0.15, 0.2) is 97.2 Å². The molecule has 0 saturated carbocycles. The van der Waals surface area contributed by atoms with Crippen LogP contribution in [0.25, 0.3) is 10.8 Å². The lowest BCUT2D eigenvalue weighted by Crippen LogP contribution is -2.38. The number of fused-ring (bicyclic) bond motifs is 1. The minimum absolute atomic E-state index is 0.00873. The van der Waals surface area contributed by atoms with Gasteiger partial charge in [-0.05, 0) is 35.4 Å². The molecule has 1 amide bonds. The Labute approximate surface area is 165 Å². The van der Waals surface area contributed by atoms with Gasteiger partial charge in [0.1, 0.15) is 5.69 Å². The zero-order chi connectivity index (χ0) is 19.2. The second kappa shape index (κ2) is 8.49. The molecule has 0 aliphatic rings. The van der Waals surface area contributed by atoms with Gasteiger partial charge in [-0.3, -0.25) is 9.78 Å². The van der Waals surface area contributed by atoms with Crippen LogP contribution in [0.2, 0.25) is 0 Å². The number of pyridine rings is 1. The van der Waals surface area contributed by atoms with Crippen molar-refractivity contribution in [2.75, 3.05) is 0 Å². The van der Waals surface area contributed by atoms with Crippen LogP contribution in [0.1, 0.15) is 21.6 Å². The van der Waals surface area contributed by atoms with E-state index in [2.05, 4.69) is 34.6 Å². The summed E-state index contributed by atoms with van der Waals surface area (Å²) in [7, 11) is 0. The Morgan fingerprint density at radius 2 is 1.29 bits per heavy atom. The molecule has 0 radical (unpaired) electrons. The maximum absolute atomic E-state index is 12.9. The molecule has 0 aliphatic heterocycles. The minimum atomic E-state index is -0.136. The first kappa shape index (κ1) is 17.9. The van der Waals surface area contributed by atoms with E-state index in [4.69, 9.17) is 0 Å². The van der Waals surface area contributed by atoms with Crippen molar-refractivity contribution in [3.05, 3.63) is 114 Å². The SMILES string of the molecule is O=C(NC(Cc1ccccc1)Cc1ccccc1)c1cc2ccccc2cn1. The summed E-state index contributed by atoms with van der Waals surface area (Å²) in [5.41, 5.74) is 2.86. The maximum atomic E-state index is 12.9. The minimum Gasteiger partial charge on any atom is -0.347 e. The normalized spacial score (nSPS) is 10.9. The summed E-state index contributed by atoms with van der Waals surface area (Å²) in [6, 6.07) is 30.3. The van der Waals surface area contributed by atoms with Crippen molar-refractivity contribution in [3.63, 3.8) is 0 Å². The number of carbonyl (C=O) groups excluding carboxylic acids is 1. The van der Waals surface area contributed by atoms with E-state index < -0.39 is 0 Å². The summed E-state index contributed by atoms with van der Waals surface area (Å²) < 4.78 is 0. The molecule has 3 aromatic carbocycles. The number of hydrogen-bond acceptors (Lipinski definition) is 2. The number of amides is 1. The molecule has 0 atom stereocenters. The zero-order valence-electron chi connectivity index (χ0n) is 15.6. The Morgan fingerprint density at radius 1 is 0.750 bits per heavy atom. The van der Waals surface area contributed by atoms with Crippen LogP contribution in [-0.4, -0.2) is 16.9 Å². The summed E-state index contributed by atoms with van der Waals surface area (Å²) in [4.78, 5) is 17.3. The summed E-state index contributed by atoms with van der Waals surface area (Å²) >= 11 is 0. The van der Waals surface area contributed by atoms with Crippen molar-refractivity contribution < 1.29 is 4.79 Å². The van der Waals surface area contributed by atoms with E-state index in [1.807, 2.05) is 66.7 Å². The molecule has 0 saturated heterocycles. The van der Waals surface area contributed by atoms with Crippen molar-refractivity contribution in [1.82, 2.24) is 10.3 Å². The zero-order valence-corrected chi connectivity index (χ0v) is 15.6. The average Bonchev–Trinajstić information content (AvgIpc) is 2.75. The molecule has 4 rings (SSSR count). The van der Waals surface area contributed by atoms with E-state index in [-0.39, 0.29) is 11.9 Å². The lowest BCUT2D eigenvalue weighted by molar-refractivity contribution is 0.0932.